The lowest BCUT2D eigenvalue weighted by Crippen LogP contribution is -2.22. The van der Waals surface area contributed by atoms with Crippen molar-refractivity contribution in [2.24, 2.45) is 0 Å². The number of sulfone groups is 1. The molecule has 6 heteroatoms. The van der Waals surface area contributed by atoms with E-state index in [0.717, 1.165) is 17.2 Å². The minimum Gasteiger partial charge on any atom is -0.493 e. The molecule has 1 heterocycles. The van der Waals surface area contributed by atoms with Gasteiger partial charge in [0.05, 0.1) is 0 Å². The quantitative estimate of drug-likeness (QED) is 0.877. The summed E-state index contributed by atoms with van der Waals surface area (Å²) in [6.45, 7) is 3.78. The summed E-state index contributed by atoms with van der Waals surface area (Å²) < 4.78 is 24.2. The lowest BCUT2D eigenvalue weighted by Gasteiger charge is -2.12. The van der Waals surface area contributed by atoms with E-state index in [1.807, 2.05) is 6.92 Å². The second kappa shape index (κ2) is 4.91. The average Bonchev–Trinajstić information content (AvgIpc) is 2.14. The van der Waals surface area contributed by atoms with Crippen molar-refractivity contribution in [1.82, 2.24) is 4.57 Å². The summed E-state index contributed by atoms with van der Waals surface area (Å²) in [5.41, 5.74) is -0.0939. The minimum absolute atomic E-state index is 0.159. The van der Waals surface area contributed by atoms with E-state index in [2.05, 4.69) is 0 Å². The third kappa shape index (κ3) is 2.88. The fourth-order valence-electron chi connectivity index (χ4n) is 1.72. The van der Waals surface area contributed by atoms with Crippen LogP contribution in [0.1, 0.15) is 25.3 Å². The Bertz CT molecular complexity index is 572. The van der Waals surface area contributed by atoms with E-state index >= 15 is 0 Å². The molecule has 0 aromatic carbocycles. The van der Waals surface area contributed by atoms with Crippen molar-refractivity contribution in [1.29, 1.82) is 0 Å². The highest BCUT2D eigenvalue weighted by molar-refractivity contribution is 7.90. The average molecular weight is 259 g/mol. The van der Waals surface area contributed by atoms with Crippen LogP contribution in [0.3, 0.4) is 0 Å². The summed E-state index contributed by atoms with van der Waals surface area (Å²) in [5, 5.41) is 9.90. The molecule has 0 amide bonds. The molecular formula is C11H17NO4S. The molecule has 0 aliphatic rings. The van der Waals surface area contributed by atoms with Gasteiger partial charge in [0.15, 0.2) is 9.84 Å². The molecule has 1 aromatic heterocycles. The molecule has 96 valence electrons. The molecule has 0 atom stereocenters. The van der Waals surface area contributed by atoms with Crippen LogP contribution in [0.4, 0.5) is 0 Å². The molecule has 0 aliphatic carbocycles. The van der Waals surface area contributed by atoms with Gasteiger partial charge in [0.25, 0.3) is 5.56 Å². The van der Waals surface area contributed by atoms with Gasteiger partial charge in [0.2, 0.25) is 5.88 Å². The highest BCUT2D eigenvalue weighted by Gasteiger charge is 2.20. The Hall–Kier alpha value is -1.30. The van der Waals surface area contributed by atoms with E-state index in [-0.39, 0.29) is 16.0 Å². The zero-order chi connectivity index (χ0) is 13.2. The summed E-state index contributed by atoms with van der Waals surface area (Å²) >= 11 is 0. The van der Waals surface area contributed by atoms with Gasteiger partial charge in [0.1, 0.15) is 4.90 Å². The molecule has 17 heavy (non-hydrogen) atoms. The largest absolute Gasteiger partial charge is 0.493 e. The number of unbranched alkanes of at least 4 members (excludes halogenated alkanes) is 1. The van der Waals surface area contributed by atoms with E-state index in [1.165, 1.54) is 13.0 Å². The standard InChI is InChI=1S/C11H17NO4S/c1-4-5-6-12-9(13)7-8(2)10(11(12)14)17(3,15)16/h7,14H,4-6H2,1-3H3. The fourth-order valence-corrected chi connectivity index (χ4v) is 2.81. The van der Waals surface area contributed by atoms with Crippen LogP contribution in [0.25, 0.3) is 0 Å². The Labute approximate surface area is 101 Å². The van der Waals surface area contributed by atoms with Gasteiger partial charge >= 0.3 is 0 Å². The lowest BCUT2D eigenvalue weighted by molar-refractivity contribution is 0.385. The second-order valence-electron chi connectivity index (χ2n) is 4.10. The molecule has 0 aliphatic heterocycles. The van der Waals surface area contributed by atoms with Crippen LogP contribution in [-0.2, 0) is 16.4 Å². The molecule has 1 aromatic rings. The third-order valence-corrected chi connectivity index (χ3v) is 3.78. The normalized spacial score (nSPS) is 11.7. The van der Waals surface area contributed by atoms with Crippen LogP contribution < -0.4 is 5.56 Å². The van der Waals surface area contributed by atoms with Gasteiger partial charge in [-0.3, -0.25) is 9.36 Å². The number of aromatic nitrogens is 1. The molecule has 5 nitrogen and oxygen atoms in total. The van der Waals surface area contributed by atoms with Crippen molar-refractivity contribution >= 4 is 9.84 Å². The molecular weight excluding hydrogens is 242 g/mol. The first-order valence-electron chi connectivity index (χ1n) is 5.42. The maximum atomic E-state index is 11.7. The molecule has 0 fully saturated rings. The summed E-state index contributed by atoms with van der Waals surface area (Å²) in [6.07, 6.45) is 2.58. The predicted octanol–water partition coefficient (Wildman–Crippen LogP) is 1.07. The summed E-state index contributed by atoms with van der Waals surface area (Å²) in [5.74, 6) is -0.453. The molecule has 0 saturated heterocycles. The van der Waals surface area contributed by atoms with Gasteiger partial charge in [-0.25, -0.2) is 8.42 Å². The fraction of sp³-hybridized carbons (Fsp3) is 0.545. The van der Waals surface area contributed by atoms with Crippen LogP contribution in [0.5, 0.6) is 5.88 Å². The molecule has 1 N–H and O–H groups in total. The second-order valence-corrected chi connectivity index (χ2v) is 6.05. The van der Waals surface area contributed by atoms with Gasteiger partial charge in [-0.15, -0.1) is 0 Å². The number of pyridine rings is 1. The molecule has 0 spiro atoms. The number of hydrogen-bond donors (Lipinski definition) is 1. The first kappa shape index (κ1) is 13.8. The Kier molecular flexibility index (Phi) is 3.98. The lowest BCUT2D eigenvalue weighted by atomic mass is 10.2. The Morgan fingerprint density at radius 2 is 2.00 bits per heavy atom. The van der Waals surface area contributed by atoms with Crippen LogP contribution in [0, 0.1) is 6.92 Å². The smallest absolute Gasteiger partial charge is 0.253 e. The van der Waals surface area contributed by atoms with Crippen molar-refractivity contribution in [2.75, 3.05) is 6.26 Å². The Morgan fingerprint density at radius 1 is 1.41 bits per heavy atom. The van der Waals surface area contributed by atoms with Crippen LogP contribution >= 0.6 is 0 Å². The van der Waals surface area contributed by atoms with Gasteiger partial charge in [-0.05, 0) is 18.9 Å². The number of aromatic hydroxyl groups is 1. The van der Waals surface area contributed by atoms with Crippen molar-refractivity contribution < 1.29 is 13.5 Å². The van der Waals surface area contributed by atoms with Crippen molar-refractivity contribution in [3.05, 3.63) is 22.0 Å². The van der Waals surface area contributed by atoms with Crippen molar-refractivity contribution in [3.8, 4) is 5.88 Å². The molecule has 0 unspecified atom stereocenters. The summed E-state index contributed by atoms with van der Waals surface area (Å²) in [6, 6.07) is 1.24. The maximum Gasteiger partial charge on any atom is 0.253 e. The SMILES string of the molecule is CCCCn1c(O)c(S(C)(=O)=O)c(C)cc1=O. The molecule has 0 saturated carbocycles. The van der Waals surface area contributed by atoms with E-state index in [4.69, 9.17) is 0 Å². The van der Waals surface area contributed by atoms with Crippen LogP contribution in [-0.4, -0.2) is 24.3 Å². The Morgan fingerprint density at radius 3 is 2.47 bits per heavy atom. The van der Waals surface area contributed by atoms with Crippen molar-refractivity contribution in [2.45, 2.75) is 38.1 Å². The van der Waals surface area contributed by atoms with E-state index in [0.29, 0.717) is 13.0 Å². The highest BCUT2D eigenvalue weighted by atomic mass is 32.2. The Balaban J connectivity index is 3.49. The van der Waals surface area contributed by atoms with Crippen molar-refractivity contribution in [3.63, 3.8) is 0 Å². The van der Waals surface area contributed by atoms with E-state index in [9.17, 15) is 18.3 Å². The number of hydrogen-bond acceptors (Lipinski definition) is 4. The zero-order valence-corrected chi connectivity index (χ0v) is 11.0. The minimum atomic E-state index is -3.54. The number of nitrogens with zero attached hydrogens (tertiary/aromatic N) is 1. The van der Waals surface area contributed by atoms with Gasteiger partial charge < -0.3 is 5.11 Å². The maximum absolute atomic E-state index is 11.7. The third-order valence-electron chi connectivity index (χ3n) is 2.53. The topological polar surface area (TPSA) is 76.4 Å². The molecule has 0 radical (unpaired) electrons. The number of aryl methyl sites for hydroxylation is 1. The van der Waals surface area contributed by atoms with Gasteiger partial charge in [-0.1, -0.05) is 13.3 Å². The van der Waals surface area contributed by atoms with Crippen LogP contribution in [0.15, 0.2) is 15.8 Å². The first-order chi connectivity index (χ1) is 7.79. The van der Waals surface area contributed by atoms with E-state index in [1.54, 1.807) is 0 Å². The first-order valence-corrected chi connectivity index (χ1v) is 7.31. The monoisotopic (exact) mass is 259 g/mol. The van der Waals surface area contributed by atoms with E-state index < -0.39 is 15.7 Å². The molecule has 1 rings (SSSR count). The highest BCUT2D eigenvalue weighted by Crippen LogP contribution is 2.24. The van der Waals surface area contributed by atoms with Crippen LogP contribution in [0.2, 0.25) is 0 Å². The summed E-state index contributed by atoms with van der Waals surface area (Å²) in [7, 11) is -3.54. The van der Waals surface area contributed by atoms with Gasteiger partial charge in [-0.2, -0.15) is 0 Å². The van der Waals surface area contributed by atoms with Gasteiger partial charge in [0, 0.05) is 18.9 Å². The predicted molar refractivity (Wildman–Crippen MR) is 65.1 cm³/mol. The zero-order valence-electron chi connectivity index (χ0n) is 10.2. The summed E-state index contributed by atoms with van der Waals surface area (Å²) in [4.78, 5) is 11.5. The number of rotatable bonds is 4. The molecule has 0 bridgehead atoms.